The fraction of sp³-hybridized carbons (Fsp3) is 0. The van der Waals surface area contributed by atoms with Crippen LogP contribution in [-0.4, -0.2) is 6.09 Å². The van der Waals surface area contributed by atoms with Crippen LogP contribution in [0, 0.1) is 17.5 Å². The molecule has 0 aromatic heterocycles. The van der Waals surface area contributed by atoms with E-state index in [0.717, 1.165) is 0 Å². The summed E-state index contributed by atoms with van der Waals surface area (Å²) in [4.78, 5) is 11.4. The lowest BCUT2D eigenvalue weighted by molar-refractivity contribution is 0.215. The van der Waals surface area contributed by atoms with Crippen LogP contribution in [0.3, 0.4) is 0 Å². The summed E-state index contributed by atoms with van der Waals surface area (Å²) in [5.41, 5.74) is -0.626. The van der Waals surface area contributed by atoms with Crippen molar-refractivity contribution in [2.75, 3.05) is 5.32 Å². The number of hydrogen-bond donors (Lipinski definition) is 1. The third-order valence-electron chi connectivity index (χ3n) is 2.18. The van der Waals surface area contributed by atoms with Crippen LogP contribution in [0.25, 0.3) is 0 Å². The minimum atomic E-state index is -1.39. The Bertz CT molecular complexity index is 602. The number of nitrogens with one attached hydrogen (secondary N) is 1. The number of rotatable bonds is 2. The first-order valence-corrected chi connectivity index (χ1v) is 5.24. The largest absolute Gasteiger partial charge is 0.417 e. The quantitative estimate of drug-likeness (QED) is 0.842. The normalized spacial score (nSPS) is 10.1. The molecule has 0 radical (unpaired) electrons. The molecular formula is C13H8F3NO2. The highest BCUT2D eigenvalue weighted by molar-refractivity contribution is 5.86. The lowest BCUT2D eigenvalue weighted by atomic mass is 10.3. The van der Waals surface area contributed by atoms with E-state index in [1.165, 1.54) is 12.1 Å². The molecule has 0 saturated carbocycles. The van der Waals surface area contributed by atoms with Gasteiger partial charge in [-0.1, -0.05) is 18.2 Å². The molecule has 0 aliphatic rings. The van der Waals surface area contributed by atoms with Gasteiger partial charge in [0, 0.05) is 12.1 Å². The summed E-state index contributed by atoms with van der Waals surface area (Å²) in [6.45, 7) is 0. The SMILES string of the molecule is O=C(Nc1cc(F)cc(F)c1F)Oc1ccccc1. The van der Waals surface area contributed by atoms with E-state index in [1.807, 2.05) is 5.32 Å². The van der Waals surface area contributed by atoms with Crippen molar-refractivity contribution in [3.63, 3.8) is 0 Å². The van der Waals surface area contributed by atoms with Gasteiger partial charge in [0.25, 0.3) is 0 Å². The minimum absolute atomic E-state index is 0.220. The first kappa shape index (κ1) is 12.9. The molecule has 0 aliphatic carbocycles. The van der Waals surface area contributed by atoms with E-state index >= 15 is 0 Å². The molecule has 0 spiro atoms. The zero-order valence-corrected chi connectivity index (χ0v) is 9.49. The number of para-hydroxylation sites is 1. The number of benzene rings is 2. The van der Waals surface area contributed by atoms with Gasteiger partial charge in [-0.05, 0) is 12.1 Å². The zero-order chi connectivity index (χ0) is 13.8. The molecule has 1 amide bonds. The Morgan fingerprint density at radius 2 is 1.74 bits per heavy atom. The van der Waals surface area contributed by atoms with Gasteiger partial charge in [0.15, 0.2) is 11.6 Å². The van der Waals surface area contributed by atoms with E-state index in [-0.39, 0.29) is 5.75 Å². The number of ether oxygens (including phenoxy) is 1. The molecule has 0 bridgehead atoms. The highest BCUT2D eigenvalue weighted by Crippen LogP contribution is 2.19. The van der Waals surface area contributed by atoms with Crippen LogP contribution in [0.4, 0.5) is 23.7 Å². The fourth-order valence-corrected chi connectivity index (χ4v) is 1.38. The molecule has 3 nitrogen and oxygen atoms in total. The first-order chi connectivity index (χ1) is 9.06. The highest BCUT2D eigenvalue weighted by atomic mass is 19.2. The van der Waals surface area contributed by atoms with Gasteiger partial charge < -0.3 is 4.74 Å². The van der Waals surface area contributed by atoms with Crippen LogP contribution in [0.2, 0.25) is 0 Å². The zero-order valence-electron chi connectivity index (χ0n) is 9.49. The van der Waals surface area contributed by atoms with Crippen molar-refractivity contribution >= 4 is 11.8 Å². The van der Waals surface area contributed by atoms with Gasteiger partial charge in [0.1, 0.15) is 11.6 Å². The van der Waals surface area contributed by atoms with Crippen molar-refractivity contribution in [3.8, 4) is 5.75 Å². The highest BCUT2D eigenvalue weighted by Gasteiger charge is 2.14. The molecule has 0 saturated heterocycles. The van der Waals surface area contributed by atoms with Crippen LogP contribution in [0.1, 0.15) is 0 Å². The fourth-order valence-electron chi connectivity index (χ4n) is 1.38. The summed E-state index contributed by atoms with van der Waals surface area (Å²) < 4.78 is 43.9. The standard InChI is InChI=1S/C13H8F3NO2/c14-8-6-10(15)12(16)11(7-8)17-13(18)19-9-4-2-1-3-5-9/h1-7H,(H,17,18). The van der Waals surface area contributed by atoms with E-state index in [0.29, 0.717) is 12.1 Å². The van der Waals surface area contributed by atoms with Gasteiger partial charge in [-0.25, -0.2) is 18.0 Å². The molecule has 98 valence electrons. The van der Waals surface area contributed by atoms with Crippen LogP contribution in [-0.2, 0) is 0 Å². The number of amides is 1. The molecule has 0 heterocycles. The molecule has 2 rings (SSSR count). The Labute approximate surface area is 106 Å². The van der Waals surface area contributed by atoms with Crippen molar-refractivity contribution in [1.82, 2.24) is 0 Å². The van der Waals surface area contributed by atoms with Crippen LogP contribution >= 0.6 is 0 Å². The minimum Gasteiger partial charge on any atom is -0.410 e. The van der Waals surface area contributed by atoms with Crippen molar-refractivity contribution in [3.05, 3.63) is 59.9 Å². The Morgan fingerprint density at radius 3 is 2.42 bits per heavy atom. The summed E-state index contributed by atoms with van der Waals surface area (Å²) in [6, 6.07) is 9.01. The molecule has 0 atom stereocenters. The Kier molecular flexibility index (Phi) is 3.70. The molecule has 0 aliphatic heterocycles. The molecule has 0 fully saturated rings. The monoisotopic (exact) mass is 267 g/mol. The number of anilines is 1. The van der Waals surface area contributed by atoms with Crippen molar-refractivity contribution < 1.29 is 22.7 Å². The van der Waals surface area contributed by atoms with Gasteiger partial charge in [-0.3, -0.25) is 5.32 Å². The van der Waals surface area contributed by atoms with E-state index in [1.54, 1.807) is 18.2 Å². The third kappa shape index (κ3) is 3.25. The van der Waals surface area contributed by atoms with E-state index in [4.69, 9.17) is 4.74 Å². The Morgan fingerprint density at radius 1 is 1.05 bits per heavy atom. The lowest BCUT2D eigenvalue weighted by Crippen LogP contribution is -2.18. The maximum absolute atomic E-state index is 13.3. The molecule has 2 aromatic carbocycles. The molecule has 2 aromatic rings. The first-order valence-electron chi connectivity index (χ1n) is 5.24. The van der Waals surface area contributed by atoms with Crippen LogP contribution < -0.4 is 10.1 Å². The predicted molar refractivity (Wildman–Crippen MR) is 62.4 cm³/mol. The molecule has 1 N–H and O–H groups in total. The summed E-state index contributed by atoms with van der Waals surface area (Å²) in [5, 5.41) is 1.92. The molecule has 19 heavy (non-hydrogen) atoms. The van der Waals surface area contributed by atoms with Crippen molar-refractivity contribution in [1.29, 1.82) is 0 Å². The van der Waals surface area contributed by atoms with Crippen LogP contribution in [0.5, 0.6) is 5.75 Å². The number of carbonyl (C=O) groups excluding carboxylic acids is 1. The second kappa shape index (κ2) is 5.43. The van der Waals surface area contributed by atoms with Crippen LogP contribution in [0.15, 0.2) is 42.5 Å². The average Bonchev–Trinajstić information content (AvgIpc) is 2.36. The van der Waals surface area contributed by atoms with Crippen molar-refractivity contribution in [2.24, 2.45) is 0 Å². The topological polar surface area (TPSA) is 38.3 Å². The van der Waals surface area contributed by atoms with Crippen molar-refractivity contribution in [2.45, 2.75) is 0 Å². The molecular weight excluding hydrogens is 259 g/mol. The summed E-state index contributed by atoms with van der Waals surface area (Å²) in [7, 11) is 0. The average molecular weight is 267 g/mol. The van der Waals surface area contributed by atoms with Gasteiger partial charge in [0.05, 0.1) is 5.69 Å². The third-order valence-corrected chi connectivity index (χ3v) is 2.18. The van der Waals surface area contributed by atoms with E-state index in [9.17, 15) is 18.0 Å². The number of halogens is 3. The maximum Gasteiger partial charge on any atom is 0.417 e. The predicted octanol–water partition coefficient (Wildman–Crippen LogP) is 3.71. The molecule has 6 heteroatoms. The second-order valence-electron chi connectivity index (χ2n) is 3.58. The smallest absolute Gasteiger partial charge is 0.410 e. The van der Waals surface area contributed by atoms with Gasteiger partial charge in [-0.2, -0.15) is 0 Å². The molecule has 0 unspecified atom stereocenters. The van der Waals surface area contributed by atoms with E-state index < -0.39 is 29.2 Å². The summed E-state index contributed by atoms with van der Waals surface area (Å²) in [5.74, 6) is -3.53. The Balaban J connectivity index is 2.11. The maximum atomic E-state index is 13.3. The number of hydrogen-bond acceptors (Lipinski definition) is 2. The number of carbonyl (C=O) groups is 1. The van der Waals surface area contributed by atoms with E-state index in [2.05, 4.69) is 0 Å². The summed E-state index contributed by atoms with van der Waals surface area (Å²) >= 11 is 0. The van der Waals surface area contributed by atoms with Gasteiger partial charge >= 0.3 is 6.09 Å². The Hall–Kier alpha value is -2.50. The summed E-state index contributed by atoms with van der Waals surface area (Å²) in [6.07, 6.45) is -1.05. The van der Waals surface area contributed by atoms with Gasteiger partial charge in [0.2, 0.25) is 0 Å². The second-order valence-corrected chi connectivity index (χ2v) is 3.58. The lowest BCUT2D eigenvalue weighted by Gasteiger charge is -2.07. The van der Waals surface area contributed by atoms with Gasteiger partial charge in [-0.15, -0.1) is 0 Å².